The van der Waals surface area contributed by atoms with E-state index in [2.05, 4.69) is 18.9 Å². The average molecular weight is 227 g/mol. The molecule has 3 heteroatoms. The zero-order valence-corrected chi connectivity index (χ0v) is 10.9. The van der Waals surface area contributed by atoms with Gasteiger partial charge < -0.3 is 14.4 Å². The number of methoxy groups -OCH3 is 1. The van der Waals surface area contributed by atoms with Crippen LogP contribution in [0.5, 0.6) is 0 Å². The first-order chi connectivity index (χ1) is 7.62. The van der Waals surface area contributed by atoms with E-state index in [0.29, 0.717) is 5.92 Å². The van der Waals surface area contributed by atoms with Gasteiger partial charge in [0.25, 0.3) is 0 Å². The SMILES string of the molecule is COCCN(C)CC1(C=O)CCCC(C)C1. The summed E-state index contributed by atoms with van der Waals surface area (Å²) in [5.41, 5.74) is -0.0971. The molecule has 0 saturated heterocycles. The van der Waals surface area contributed by atoms with Crippen LogP contribution < -0.4 is 0 Å². The molecule has 1 fully saturated rings. The molecule has 0 radical (unpaired) electrons. The molecule has 94 valence electrons. The van der Waals surface area contributed by atoms with Crippen molar-refractivity contribution in [3.05, 3.63) is 0 Å². The number of rotatable bonds is 6. The van der Waals surface area contributed by atoms with E-state index in [4.69, 9.17) is 4.74 Å². The Hall–Kier alpha value is -0.410. The van der Waals surface area contributed by atoms with Crippen molar-refractivity contribution >= 4 is 6.29 Å². The molecule has 0 heterocycles. The number of carbonyl (C=O) groups is 1. The van der Waals surface area contributed by atoms with Crippen LogP contribution in [-0.4, -0.2) is 45.0 Å². The Balaban J connectivity index is 2.48. The number of carbonyl (C=O) groups excluding carboxylic acids is 1. The van der Waals surface area contributed by atoms with Crippen LogP contribution in [0.25, 0.3) is 0 Å². The molecular weight excluding hydrogens is 202 g/mol. The number of likely N-dealkylation sites (N-methyl/N-ethyl adjacent to an activating group) is 1. The van der Waals surface area contributed by atoms with E-state index in [0.717, 1.165) is 32.5 Å². The summed E-state index contributed by atoms with van der Waals surface area (Å²) >= 11 is 0. The molecule has 1 rings (SSSR count). The molecule has 0 aliphatic heterocycles. The van der Waals surface area contributed by atoms with E-state index in [1.165, 1.54) is 19.1 Å². The van der Waals surface area contributed by atoms with Crippen molar-refractivity contribution < 1.29 is 9.53 Å². The minimum atomic E-state index is -0.0971. The lowest BCUT2D eigenvalue weighted by Gasteiger charge is -2.38. The molecule has 3 nitrogen and oxygen atoms in total. The lowest BCUT2D eigenvalue weighted by Crippen LogP contribution is -2.41. The van der Waals surface area contributed by atoms with Crippen molar-refractivity contribution in [2.75, 3.05) is 33.9 Å². The topological polar surface area (TPSA) is 29.5 Å². The third-order valence-corrected chi connectivity index (χ3v) is 3.64. The first kappa shape index (κ1) is 13.7. The predicted molar refractivity (Wildman–Crippen MR) is 65.5 cm³/mol. The molecular formula is C13H25NO2. The van der Waals surface area contributed by atoms with Crippen LogP contribution in [0.4, 0.5) is 0 Å². The van der Waals surface area contributed by atoms with Gasteiger partial charge in [-0.1, -0.05) is 19.8 Å². The Morgan fingerprint density at radius 2 is 2.31 bits per heavy atom. The van der Waals surface area contributed by atoms with Crippen LogP contribution in [0.1, 0.15) is 32.6 Å². The Morgan fingerprint density at radius 1 is 1.56 bits per heavy atom. The van der Waals surface area contributed by atoms with E-state index < -0.39 is 0 Å². The third-order valence-electron chi connectivity index (χ3n) is 3.64. The Morgan fingerprint density at radius 3 is 2.88 bits per heavy atom. The highest BCUT2D eigenvalue weighted by Gasteiger charge is 2.35. The molecule has 0 aromatic heterocycles. The van der Waals surface area contributed by atoms with Gasteiger partial charge in [-0.15, -0.1) is 0 Å². The minimum Gasteiger partial charge on any atom is -0.383 e. The van der Waals surface area contributed by atoms with Crippen molar-refractivity contribution in [3.63, 3.8) is 0 Å². The Bertz CT molecular complexity index is 220. The smallest absolute Gasteiger partial charge is 0.127 e. The zero-order chi connectivity index (χ0) is 12.0. The Kier molecular flexibility index (Phi) is 5.42. The summed E-state index contributed by atoms with van der Waals surface area (Å²) in [7, 11) is 3.79. The molecule has 1 saturated carbocycles. The standard InChI is InChI=1S/C13H25NO2/c1-12-5-4-6-13(9-12,11-15)10-14(2)7-8-16-3/h11-12H,4-10H2,1-3H3. The maximum absolute atomic E-state index is 11.4. The molecule has 2 atom stereocenters. The summed E-state index contributed by atoms with van der Waals surface area (Å²) in [5, 5.41) is 0. The van der Waals surface area contributed by atoms with E-state index in [-0.39, 0.29) is 5.41 Å². The van der Waals surface area contributed by atoms with E-state index >= 15 is 0 Å². The summed E-state index contributed by atoms with van der Waals surface area (Å²) in [6, 6.07) is 0. The number of hydrogen-bond donors (Lipinski definition) is 0. The van der Waals surface area contributed by atoms with Gasteiger partial charge in [0.15, 0.2) is 0 Å². The maximum Gasteiger partial charge on any atom is 0.127 e. The van der Waals surface area contributed by atoms with E-state index in [1.54, 1.807) is 7.11 Å². The van der Waals surface area contributed by atoms with Gasteiger partial charge in [-0.3, -0.25) is 0 Å². The second kappa shape index (κ2) is 6.36. The lowest BCUT2D eigenvalue weighted by atomic mass is 9.71. The molecule has 0 aromatic carbocycles. The first-order valence-corrected chi connectivity index (χ1v) is 6.26. The quantitative estimate of drug-likeness (QED) is 0.650. The molecule has 1 aliphatic carbocycles. The molecule has 0 aromatic rings. The average Bonchev–Trinajstić information content (AvgIpc) is 2.26. The second-order valence-corrected chi connectivity index (χ2v) is 5.41. The summed E-state index contributed by atoms with van der Waals surface area (Å²) in [5.74, 6) is 0.690. The van der Waals surface area contributed by atoms with Crippen LogP contribution in [0.15, 0.2) is 0 Å². The van der Waals surface area contributed by atoms with Gasteiger partial charge in [0, 0.05) is 25.6 Å². The van der Waals surface area contributed by atoms with Crippen LogP contribution in [0, 0.1) is 11.3 Å². The van der Waals surface area contributed by atoms with Gasteiger partial charge in [-0.25, -0.2) is 0 Å². The van der Waals surface area contributed by atoms with Crippen molar-refractivity contribution in [1.82, 2.24) is 4.90 Å². The van der Waals surface area contributed by atoms with Crippen molar-refractivity contribution in [2.24, 2.45) is 11.3 Å². The molecule has 0 bridgehead atoms. The molecule has 1 aliphatic rings. The van der Waals surface area contributed by atoms with Gasteiger partial charge in [0.1, 0.15) is 6.29 Å². The molecule has 0 spiro atoms. The van der Waals surface area contributed by atoms with Crippen LogP contribution >= 0.6 is 0 Å². The van der Waals surface area contributed by atoms with Gasteiger partial charge in [-0.2, -0.15) is 0 Å². The highest BCUT2D eigenvalue weighted by atomic mass is 16.5. The summed E-state index contributed by atoms with van der Waals surface area (Å²) in [6.45, 7) is 4.78. The van der Waals surface area contributed by atoms with Crippen molar-refractivity contribution in [3.8, 4) is 0 Å². The Labute approximate surface area is 99.1 Å². The largest absolute Gasteiger partial charge is 0.383 e. The fourth-order valence-electron chi connectivity index (χ4n) is 2.85. The number of aldehydes is 1. The normalized spacial score (nSPS) is 30.6. The van der Waals surface area contributed by atoms with E-state index in [1.807, 2.05) is 0 Å². The van der Waals surface area contributed by atoms with E-state index in [9.17, 15) is 4.79 Å². The fourth-order valence-corrected chi connectivity index (χ4v) is 2.85. The van der Waals surface area contributed by atoms with Gasteiger partial charge >= 0.3 is 0 Å². The van der Waals surface area contributed by atoms with Crippen LogP contribution in [0.3, 0.4) is 0 Å². The molecule has 0 N–H and O–H groups in total. The lowest BCUT2D eigenvalue weighted by molar-refractivity contribution is -0.119. The number of ether oxygens (including phenoxy) is 1. The van der Waals surface area contributed by atoms with Gasteiger partial charge in [0.05, 0.1) is 6.61 Å². The summed E-state index contributed by atoms with van der Waals surface area (Å²) in [6.07, 6.45) is 5.77. The fraction of sp³-hybridized carbons (Fsp3) is 0.923. The minimum absolute atomic E-state index is 0.0971. The second-order valence-electron chi connectivity index (χ2n) is 5.41. The maximum atomic E-state index is 11.4. The van der Waals surface area contributed by atoms with Gasteiger partial charge in [0.2, 0.25) is 0 Å². The monoisotopic (exact) mass is 227 g/mol. The van der Waals surface area contributed by atoms with Crippen LogP contribution in [0.2, 0.25) is 0 Å². The zero-order valence-electron chi connectivity index (χ0n) is 10.9. The summed E-state index contributed by atoms with van der Waals surface area (Å²) < 4.78 is 5.06. The number of nitrogens with zero attached hydrogens (tertiary/aromatic N) is 1. The molecule has 0 amide bonds. The van der Waals surface area contributed by atoms with Crippen molar-refractivity contribution in [1.29, 1.82) is 0 Å². The highest BCUT2D eigenvalue weighted by Crippen LogP contribution is 2.38. The van der Waals surface area contributed by atoms with Crippen molar-refractivity contribution in [2.45, 2.75) is 32.6 Å². The highest BCUT2D eigenvalue weighted by molar-refractivity contribution is 5.60. The van der Waals surface area contributed by atoms with Crippen LogP contribution in [-0.2, 0) is 9.53 Å². The van der Waals surface area contributed by atoms with Gasteiger partial charge in [-0.05, 0) is 25.8 Å². The predicted octanol–water partition coefficient (Wildman–Crippen LogP) is 1.96. The summed E-state index contributed by atoms with van der Waals surface area (Å²) in [4.78, 5) is 13.6. The first-order valence-electron chi connectivity index (χ1n) is 6.26. The third kappa shape index (κ3) is 3.87. The number of hydrogen-bond acceptors (Lipinski definition) is 3. The molecule has 2 unspecified atom stereocenters. The molecule has 16 heavy (non-hydrogen) atoms.